The quantitative estimate of drug-likeness (QED) is 0.317. The van der Waals surface area contributed by atoms with Crippen LogP contribution in [0.2, 0.25) is 5.02 Å². The van der Waals surface area contributed by atoms with E-state index in [0.717, 1.165) is 122 Å². The number of ether oxygens (including phenoxy) is 2. The number of piperazine rings is 1. The van der Waals surface area contributed by atoms with Crippen LogP contribution in [-0.2, 0) is 9.47 Å². The number of halogens is 1. The lowest BCUT2D eigenvalue weighted by Gasteiger charge is -2.58. The molecule has 5 heterocycles. The molecule has 1 aliphatic carbocycles. The van der Waals surface area contributed by atoms with Crippen LogP contribution in [0.5, 0.6) is 0 Å². The standard InChI is InChI=1S/C35H50ClN7O3/c1-8-34(7)19-37-12-13-41(34)31-28(29-25-18-38-43(27-11-9-10-14-45-27)26(25)15-22(2)30(29)36)23(3)42(39-31)24-16-35(17-24)20-40(21-35)32(44)46-33(4,5)6/h15,18,24,27,37H,8-14,16-17,19-21H2,1-7H3/t27?,34-/m0/s1. The summed E-state index contributed by atoms with van der Waals surface area (Å²) in [6, 6.07) is 2.43. The van der Waals surface area contributed by atoms with Crippen molar-refractivity contribution >= 4 is 34.4 Å². The van der Waals surface area contributed by atoms with Crippen molar-refractivity contribution in [1.82, 2.24) is 29.8 Å². The zero-order chi connectivity index (χ0) is 32.6. The molecule has 3 aromatic rings. The van der Waals surface area contributed by atoms with E-state index in [0.29, 0.717) is 0 Å². The number of anilines is 1. The van der Waals surface area contributed by atoms with Crippen molar-refractivity contribution in [2.75, 3.05) is 44.2 Å². The molecule has 3 saturated heterocycles. The van der Waals surface area contributed by atoms with Gasteiger partial charge < -0.3 is 24.6 Å². The Hall–Kier alpha value is -2.82. The summed E-state index contributed by atoms with van der Waals surface area (Å²) in [5, 5.41) is 15.8. The molecule has 2 atom stereocenters. The number of benzene rings is 1. The minimum absolute atomic E-state index is 0.0617. The van der Waals surface area contributed by atoms with Gasteiger partial charge in [-0.1, -0.05) is 18.5 Å². The van der Waals surface area contributed by atoms with Gasteiger partial charge in [-0.05, 0) is 91.7 Å². The number of carbonyl (C=O) groups is 1. The second-order valence-corrected chi connectivity index (χ2v) is 15.9. The van der Waals surface area contributed by atoms with Crippen LogP contribution >= 0.6 is 11.6 Å². The number of fused-ring (bicyclic) bond motifs is 1. The van der Waals surface area contributed by atoms with Crippen molar-refractivity contribution in [3.05, 3.63) is 28.5 Å². The molecule has 250 valence electrons. The summed E-state index contributed by atoms with van der Waals surface area (Å²) in [5.41, 5.74) is 4.90. The number of carbonyl (C=O) groups excluding carboxylic acids is 1. The summed E-state index contributed by atoms with van der Waals surface area (Å²) < 4.78 is 16.1. The summed E-state index contributed by atoms with van der Waals surface area (Å²) >= 11 is 7.31. The van der Waals surface area contributed by atoms with Crippen LogP contribution in [0.25, 0.3) is 22.0 Å². The van der Waals surface area contributed by atoms with Crippen LogP contribution in [0.1, 0.15) is 96.7 Å². The van der Waals surface area contributed by atoms with Gasteiger partial charge in [-0.2, -0.15) is 10.2 Å². The Morgan fingerprint density at radius 3 is 2.61 bits per heavy atom. The van der Waals surface area contributed by atoms with Gasteiger partial charge in [0, 0.05) is 67.0 Å². The molecular weight excluding hydrogens is 602 g/mol. The zero-order valence-electron chi connectivity index (χ0n) is 28.6. The Balaban J connectivity index is 1.28. The average molecular weight is 652 g/mol. The van der Waals surface area contributed by atoms with Crippen molar-refractivity contribution in [3.63, 3.8) is 0 Å². The predicted molar refractivity (Wildman–Crippen MR) is 182 cm³/mol. The molecule has 4 aliphatic rings. The molecule has 1 N–H and O–H groups in total. The number of rotatable bonds is 5. The van der Waals surface area contributed by atoms with Crippen molar-refractivity contribution in [3.8, 4) is 11.1 Å². The van der Waals surface area contributed by atoms with Crippen LogP contribution in [0.4, 0.5) is 10.6 Å². The van der Waals surface area contributed by atoms with Crippen LogP contribution in [0.15, 0.2) is 12.3 Å². The minimum Gasteiger partial charge on any atom is -0.444 e. The second kappa shape index (κ2) is 11.4. The molecule has 1 spiro atoms. The molecule has 46 heavy (non-hydrogen) atoms. The van der Waals surface area contributed by atoms with Gasteiger partial charge in [0.25, 0.3) is 0 Å². The predicted octanol–water partition coefficient (Wildman–Crippen LogP) is 7.02. The molecular formula is C35H50ClN7O3. The van der Waals surface area contributed by atoms with E-state index >= 15 is 0 Å². The molecule has 1 unspecified atom stereocenters. The fourth-order valence-electron chi connectivity index (χ4n) is 8.20. The van der Waals surface area contributed by atoms with Gasteiger partial charge in [-0.15, -0.1) is 0 Å². The Morgan fingerprint density at radius 1 is 1.17 bits per heavy atom. The number of nitrogens with one attached hydrogen (secondary N) is 1. The van der Waals surface area contributed by atoms with Crippen molar-refractivity contribution in [2.45, 2.75) is 110 Å². The molecule has 4 fully saturated rings. The smallest absolute Gasteiger partial charge is 0.410 e. The first kappa shape index (κ1) is 31.8. The molecule has 1 amide bonds. The third-order valence-electron chi connectivity index (χ3n) is 10.9. The Labute approximate surface area is 277 Å². The van der Waals surface area contributed by atoms with Gasteiger partial charge in [0.05, 0.1) is 28.3 Å². The first-order valence-electron chi connectivity index (χ1n) is 17.2. The number of aryl methyl sites for hydroxylation is 1. The third kappa shape index (κ3) is 5.28. The molecule has 11 heteroatoms. The lowest BCUT2D eigenvalue weighted by Crippen LogP contribution is -2.64. The summed E-state index contributed by atoms with van der Waals surface area (Å²) in [5.74, 6) is 1.00. The van der Waals surface area contributed by atoms with Crippen LogP contribution < -0.4 is 10.2 Å². The number of aromatic nitrogens is 4. The van der Waals surface area contributed by atoms with Gasteiger partial charge in [0.2, 0.25) is 0 Å². The maximum Gasteiger partial charge on any atom is 0.410 e. The number of nitrogens with zero attached hydrogens (tertiary/aromatic N) is 6. The van der Waals surface area contributed by atoms with Crippen LogP contribution in [0, 0.1) is 19.3 Å². The first-order valence-corrected chi connectivity index (χ1v) is 17.5. The van der Waals surface area contributed by atoms with E-state index in [4.69, 9.17) is 31.3 Å². The Bertz CT molecular complexity index is 1640. The van der Waals surface area contributed by atoms with Crippen molar-refractivity contribution < 1.29 is 14.3 Å². The third-order valence-corrected chi connectivity index (χ3v) is 11.4. The lowest BCUT2D eigenvalue weighted by molar-refractivity contribution is -0.0930. The average Bonchev–Trinajstić information content (AvgIpc) is 3.53. The van der Waals surface area contributed by atoms with E-state index in [9.17, 15) is 4.79 Å². The van der Waals surface area contributed by atoms with Crippen LogP contribution in [-0.4, -0.2) is 81.0 Å². The lowest BCUT2D eigenvalue weighted by atomic mass is 9.61. The molecule has 0 radical (unpaired) electrons. The summed E-state index contributed by atoms with van der Waals surface area (Å²) in [4.78, 5) is 17.0. The normalized spacial score (nSPS) is 25.2. The highest BCUT2D eigenvalue weighted by Gasteiger charge is 2.56. The Kier molecular flexibility index (Phi) is 7.88. The van der Waals surface area contributed by atoms with E-state index in [1.807, 2.05) is 31.9 Å². The molecule has 2 aromatic heterocycles. The molecule has 1 aromatic carbocycles. The SMILES string of the molecule is CC[C@@]1(C)CNCCN1c1nn(C2CC3(C2)CN(C(=O)OC(C)(C)C)C3)c(C)c1-c1c(Cl)c(C)cc2c1cnn2C1CCCCO1. The fraction of sp³-hybridized carbons (Fsp3) is 0.686. The summed E-state index contributed by atoms with van der Waals surface area (Å²) in [6.45, 7) is 19.6. The number of hydrogen-bond donors (Lipinski definition) is 1. The van der Waals surface area contributed by atoms with Gasteiger partial charge in [0.15, 0.2) is 12.0 Å². The van der Waals surface area contributed by atoms with Gasteiger partial charge in [-0.3, -0.25) is 4.68 Å². The molecule has 0 bridgehead atoms. The maximum absolute atomic E-state index is 12.7. The highest BCUT2D eigenvalue weighted by Crippen LogP contribution is 2.56. The largest absolute Gasteiger partial charge is 0.444 e. The number of amides is 1. The molecule has 7 rings (SSSR count). The number of hydrogen-bond acceptors (Lipinski definition) is 7. The highest BCUT2D eigenvalue weighted by molar-refractivity contribution is 6.36. The van der Waals surface area contributed by atoms with E-state index < -0.39 is 5.60 Å². The first-order chi connectivity index (χ1) is 21.8. The van der Waals surface area contributed by atoms with Crippen molar-refractivity contribution in [1.29, 1.82) is 0 Å². The maximum atomic E-state index is 12.7. The second-order valence-electron chi connectivity index (χ2n) is 15.5. The molecule has 10 nitrogen and oxygen atoms in total. The monoisotopic (exact) mass is 651 g/mol. The summed E-state index contributed by atoms with van der Waals surface area (Å²) in [7, 11) is 0. The van der Waals surface area contributed by atoms with Gasteiger partial charge in [-0.25, -0.2) is 9.48 Å². The van der Waals surface area contributed by atoms with E-state index in [-0.39, 0.29) is 29.3 Å². The molecule has 3 aliphatic heterocycles. The zero-order valence-corrected chi connectivity index (χ0v) is 29.3. The van der Waals surface area contributed by atoms with E-state index in [2.05, 4.69) is 53.3 Å². The van der Waals surface area contributed by atoms with Crippen molar-refractivity contribution in [2.24, 2.45) is 5.41 Å². The topological polar surface area (TPSA) is 89.7 Å². The molecule has 1 saturated carbocycles. The van der Waals surface area contributed by atoms with E-state index in [1.54, 1.807) is 0 Å². The van der Waals surface area contributed by atoms with Gasteiger partial charge >= 0.3 is 6.09 Å². The highest BCUT2D eigenvalue weighted by atomic mass is 35.5. The minimum atomic E-state index is -0.486. The van der Waals surface area contributed by atoms with Crippen LogP contribution in [0.3, 0.4) is 0 Å². The van der Waals surface area contributed by atoms with E-state index in [1.165, 1.54) is 0 Å². The Morgan fingerprint density at radius 2 is 1.93 bits per heavy atom. The van der Waals surface area contributed by atoms with Gasteiger partial charge in [0.1, 0.15) is 5.60 Å². The summed E-state index contributed by atoms with van der Waals surface area (Å²) in [6.07, 6.45) is 7.87. The number of likely N-dealkylation sites (tertiary alicyclic amines) is 1. The fourth-order valence-corrected chi connectivity index (χ4v) is 8.46.